The Morgan fingerprint density at radius 3 is 2.28 bits per heavy atom. The van der Waals surface area contributed by atoms with Gasteiger partial charge >= 0.3 is 6.18 Å². The Hall–Kier alpha value is -3.59. The number of hydrogen-bond donors (Lipinski definition) is 1. The van der Waals surface area contributed by atoms with Crippen molar-refractivity contribution in [1.82, 2.24) is 4.90 Å². The second-order valence-corrected chi connectivity index (χ2v) is 9.16. The van der Waals surface area contributed by atoms with Gasteiger partial charge in [-0.1, -0.05) is 29.8 Å². The lowest BCUT2D eigenvalue weighted by Crippen LogP contribution is -2.38. The molecule has 188 valence electrons. The molecule has 1 aromatic heterocycles. The number of aromatic nitrogens is 1. The van der Waals surface area contributed by atoms with Crippen LogP contribution in [-0.2, 0) is 6.18 Å². The van der Waals surface area contributed by atoms with Gasteiger partial charge in [0.25, 0.3) is 17.5 Å². The summed E-state index contributed by atoms with van der Waals surface area (Å²) in [6, 6.07) is 14.1. The summed E-state index contributed by atoms with van der Waals surface area (Å²) in [7, 11) is 0. The number of rotatable bonds is 4. The van der Waals surface area contributed by atoms with Gasteiger partial charge in [-0.3, -0.25) is 9.59 Å². The minimum atomic E-state index is -4.83. The van der Waals surface area contributed by atoms with Gasteiger partial charge in [0.1, 0.15) is 5.56 Å². The highest BCUT2D eigenvalue weighted by Crippen LogP contribution is 2.30. The van der Waals surface area contributed by atoms with Crippen LogP contribution in [0.25, 0.3) is 0 Å². The van der Waals surface area contributed by atoms with E-state index >= 15 is 0 Å². The second kappa shape index (κ2) is 10.2. The van der Waals surface area contributed by atoms with E-state index in [1.807, 2.05) is 24.3 Å². The summed E-state index contributed by atoms with van der Waals surface area (Å²) in [6.07, 6.45) is -2.63. The Morgan fingerprint density at radius 1 is 1.03 bits per heavy atom. The molecule has 0 aliphatic carbocycles. The number of alkyl halides is 3. The Labute approximate surface area is 210 Å². The number of aryl methyl sites for hydroxylation is 1. The molecule has 1 aliphatic rings. The van der Waals surface area contributed by atoms with Gasteiger partial charge in [-0.15, -0.1) is 0 Å². The predicted molar refractivity (Wildman–Crippen MR) is 129 cm³/mol. The highest BCUT2D eigenvalue weighted by Gasteiger charge is 2.39. The van der Waals surface area contributed by atoms with Crippen LogP contribution in [0.1, 0.15) is 56.3 Å². The number of hydrogen-bond acceptors (Lipinski definition) is 3. The molecular formula is C26H23ClF3N3O3. The zero-order valence-corrected chi connectivity index (χ0v) is 20.1. The van der Waals surface area contributed by atoms with Crippen molar-refractivity contribution < 1.29 is 27.5 Å². The molecule has 0 bridgehead atoms. The average molecular weight is 518 g/mol. The number of benzene rings is 2. The molecular weight excluding hydrogens is 495 g/mol. The minimum absolute atomic E-state index is 0.174. The van der Waals surface area contributed by atoms with Gasteiger partial charge in [-0.05, 0) is 67.1 Å². The summed E-state index contributed by atoms with van der Waals surface area (Å²) in [6.45, 7) is 2.88. The molecule has 0 atom stereocenters. The number of carbonyl (C=O) groups is 2. The molecule has 36 heavy (non-hydrogen) atoms. The largest absolute Gasteiger partial charge is 0.618 e. The first kappa shape index (κ1) is 25.5. The van der Waals surface area contributed by atoms with E-state index in [2.05, 4.69) is 5.32 Å². The van der Waals surface area contributed by atoms with Crippen LogP contribution in [-0.4, -0.2) is 29.8 Å². The number of carbonyl (C=O) groups excluding carboxylic acids is 2. The minimum Gasteiger partial charge on any atom is -0.618 e. The third-order valence-corrected chi connectivity index (χ3v) is 6.58. The van der Waals surface area contributed by atoms with Crippen LogP contribution >= 0.6 is 11.6 Å². The van der Waals surface area contributed by atoms with E-state index in [4.69, 9.17) is 11.6 Å². The summed E-state index contributed by atoms with van der Waals surface area (Å²) in [4.78, 5) is 27.5. The first-order valence-corrected chi connectivity index (χ1v) is 11.7. The molecule has 1 aliphatic heterocycles. The molecule has 2 heterocycles. The van der Waals surface area contributed by atoms with Gasteiger partial charge in [0, 0.05) is 35.4 Å². The van der Waals surface area contributed by atoms with Gasteiger partial charge in [0.05, 0.1) is 0 Å². The summed E-state index contributed by atoms with van der Waals surface area (Å²) in [5.74, 6) is -0.594. The van der Waals surface area contributed by atoms with Crippen molar-refractivity contribution in [3.63, 3.8) is 0 Å². The van der Waals surface area contributed by atoms with Crippen LogP contribution < -0.4 is 10.0 Å². The lowest BCUT2D eigenvalue weighted by Gasteiger charge is -2.32. The number of nitrogens with zero attached hydrogens (tertiary/aromatic N) is 2. The molecule has 0 unspecified atom stereocenters. The molecule has 3 aromatic rings. The van der Waals surface area contributed by atoms with E-state index in [1.54, 1.807) is 24.0 Å². The van der Waals surface area contributed by atoms with Crippen LogP contribution in [0.15, 0.2) is 60.8 Å². The van der Waals surface area contributed by atoms with Crippen LogP contribution in [0.5, 0.6) is 0 Å². The molecule has 0 spiro atoms. The fourth-order valence-electron chi connectivity index (χ4n) is 4.25. The highest BCUT2D eigenvalue weighted by molar-refractivity contribution is 6.30. The molecule has 0 saturated carbocycles. The molecule has 10 heteroatoms. The zero-order valence-electron chi connectivity index (χ0n) is 19.3. The standard InChI is InChI=1S/C26H23ClF3N3O3/c1-16-2-3-19(25(35)32-12-10-18(11-13-32)17-4-7-21(27)8-5-17)14-22(16)31-24(34)20-6-9-23(26(28,29)30)33(36)15-20/h2-9,14-15,18H,10-13H2,1H3,(H,31,34). The van der Waals surface area contributed by atoms with Gasteiger partial charge < -0.3 is 15.4 Å². The SMILES string of the molecule is Cc1ccc(C(=O)N2CCC(c3ccc(Cl)cc3)CC2)cc1NC(=O)c1ccc(C(F)(F)F)[n+]([O-])c1. The molecule has 2 amide bonds. The van der Waals surface area contributed by atoms with Crippen molar-refractivity contribution in [3.05, 3.63) is 99.0 Å². The van der Waals surface area contributed by atoms with Crippen molar-refractivity contribution >= 4 is 29.1 Å². The molecule has 1 fully saturated rings. The quantitative estimate of drug-likeness (QED) is 0.363. The number of pyridine rings is 1. The Bertz CT molecular complexity index is 1290. The van der Waals surface area contributed by atoms with Gasteiger partial charge in [-0.25, -0.2) is 0 Å². The summed E-state index contributed by atoms with van der Waals surface area (Å²) < 4.78 is 38.1. The maximum Gasteiger partial charge on any atom is 0.478 e. The van der Waals surface area contributed by atoms with Crippen molar-refractivity contribution in [1.29, 1.82) is 0 Å². The smallest absolute Gasteiger partial charge is 0.478 e. The fourth-order valence-corrected chi connectivity index (χ4v) is 4.38. The Kier molecular flexibility index (Phi) is 7.21. The molecule has 2 aromatic carbocycles. The number of amides is 2. The van der Waals surface area contributed by atoms with Crippen molar-refractivity contribution in [3.8, 4) is 0 Å². The van der Waals surface area contributed by atoms with Crippen LogP contribution in [0, 0.1) is 12.1 Å². The lowest BCUT2D eigenvalue weighted by atomic mass is 9.89. The van der Waals surface area contributed by atoms with E-state index in [0.717, 1.165) is 18.9 Å². The van der Waals surface area contributed by atoms with E-state index in [1.165, 1.54) is 11.6 Å². The van der Waals surface area contributed by atoms with E-state index in [0.29, 0.717) is 53.1 Å². The van der Waals surface area contributed by atoms with E-state index < -0.39 is 17.8 Å². The maximum absolute atomic E-state index is 13.1. The number of piperidine rings is 1. The monoisotopic (exact) mass is 517 g/mol. The molecule has 6 nitrogen and oxygen atoms in total. The first-order valence-electron chi connectivity index (χ1n) is 11.3. The van der Waals surface area contributed by atoms with Crippen molar-refractivity contribution in [2.75, 3.05) is 18.4 Å². The summed E-state index contributed by atoms with van der Waals surface area (Å²) in [5, 5.41) is 15.0. The predicted octanol–water partition coefficient (Wildman–Crippen LogP) is 5.57. The number of halogens is 4. The number of anilines is 1. The highest BCUT2D eigenvalue weighted by atomic mass is 35.5. The maximum atomic E-state index is 13.1. The van der Waals surface area contributed by atoms with Crippen LogP contribution in [0.4, 0.5) is 18.9 Å². The summed E-state index contributed by atoms with van der Waals surface area (Å²) in [5.41, 5.74) is 0.908. The molecule has 1 saturated heterocycles. The van der Waals surface area contributed by atoms with Crippen molar-refractivity contribution in [2.24, 2.45) is 0 Å². The van der Waals surface area contributed by atoms with Crippen LogP contribution in [0.2, 0.25) is 5.02 Å². The molecule has 0 radical (unpaired) electrons. The van der Waals surface area contributed by atoms with Crippen LogP contribution in [0.3, 0.4) is 0 Å². The average Bonchev–Trinajstić information content (AvgIpc) is 2.84. The van der Waals surface area contributed by atoms with Crippen molar-refractivity contribution in [2.45, 2.75) is 31.9 Å². The zero-order chi connectivity index (χ0) is 26.0. The summed E-state index contributed by atoms with van der Waals surface area (Å²) >= 11 is 5.97. The third kappa shape index (κ3) is 5.62. The second-order valence-electron chi connectivity index (χ2n) is 8.73. The van der Waals surface area contributed by atoms with E-state index in [9.17, 15) is 28.0 Å². The number of likely N-dealkylation sites (tertiary alicyclic amines) is 1. The van der Waals surface area contributed by atoms with Gasteiger partial charge in [0.2, 0.25) is 0 Å². The topological polar surface area (TPSA) is 76.4 Å². The van der Waals surface area contributed by atoms with E-state index in [-0.39, 0.29) is 16.2 Å². The molecule has 1 N–H and O–H groups in total. The molecule has 4 rings (SSSR count). The third-order valence-electron chi connectivity index (χ3n) is 6.32. The van der Waals surface area contributed by atoms with Gasteiger partial charge in [0.15, 0.2) is 6.20 Å². The number of nitrogens with one attached hydrogen (secondary N) is 1. The fraction of sp³-hybridized carbons (Fsp3) is 0.269. The van der Waals surface area contributed by atoms with Gasteiger partial charge in [-0.2, -0.15) is 17.9 Å². The Balaban J connectivity index is 1.44. The lowest BCUT2D eigenvalue weighted by molar-refractivity contribution is -0.629. The normalized spacial score (nSPS) is 14.5. The first-order chi connectivity index (χ1) is 17.0. The Morgan fingerprint density at radius 2 is 1.67 bits per heavy atom.